The lowest BCUT2D eigenvalue weighted by Crippen LogP contribution is -2.20. The summed E-state index contributed by atoms with van der Waals surface area (Å²) < 4.78 is 0. The number of tetrazole rings is 1. The van der Waals surface area contributed by atoms with Crippen molar-refractivity contribution >= 4 is 5.84 Å². The summed E-state index contributed by atoms with van der Waals surface area (Å²) in [5.41, 5.74) is 0. The second kappa shape index (κ2) is 3.77. The Labute approximate surface area is 79.2 Å². The van der Waals surface area contributed by atoms with Crippen LogP contribution in [0.2, 0.25) is 0 Å². The maximum Gasteiger partial charge on any atom is 0.436 e. The predicted molar refractivity (Wildman–Crippen MR) is 46.0 cm³/mol. The van der Waals surface area contributed by atoms with Gasteiger partial charge in [0.1, 0.15) is 0 Å². The molecule has 0 aliphatic heterocycles. The van der Waals surface area contributed by atoms with Gasteiger partial charge in [0.25, 0.3) is 5.82 Å². The number of hydrogen-bond donors (Lipinski definition) is 0. The van der Waals surface area contributed by atoms with E-state index >= 15 is 0 Å². The summed E-state index contributed by atoms with van der Waals surface area (Å²) in [6.45, 7) is 0. The molecule has 0 unspecified atom stereocenters. The van der Waals surface area contributed by atoms with Crippen molar-refractivity contribution in [2.75, 3.05) is 14.1 Å². The standard InChI is InChI=1S/C5H9N7O2/c1-10(2)8-5(12(13)14)4-6-9-11(3)7-4/h1-3H3/b8-5-. The van der Waals surface area contributed by atoms with Crippen LogP contribution < -0.4 is 0 Å². The molecule has 1 heterocycles. The molecule has 76 valence electrons. The first kappa shape index (κ1) is 10.0. The third kappa shape index (κ3) is 2.21. The van der Waals surface area contributed by atoms with Gasteiger partial charge in [-0.3, -0.25) is 0 Å². The van der Waals surface area contributed by atoms with Gasteiger partial charge in [0.05, 0.1) is 12.1 Å². The molecule has 0 spiro atoms. The molecule has 0 aliphatic rings. The van der Waals surface area contributed by atoms with Crippen LogP contribution in [0.15, 0.2) is 5.10 Å². The second-order valence-corrected chi connectivity index (χ2v) is 2.63. The van der Waals surface area contributed by atoms with Crippen LogP contribution in [0.4, 0.5) is 0 Å². The van der Waals surface area contributed by atoms with E-state index < -0.39 is 10.8 Å². The summed E-state index contributed by atoms with van der Waals surface area (Å²) in [5.74, 6) is -0.533. The molecule has 0 radical (unpaired) electrons. The minimum atomic E-state index is -0.656. The van der Waals surface area contributed by atoms with Crippen molar-refractivity contribution in [3.8, 4) is 0 Å². The fourth-order valence-electron chi connectivity index (χ4n) is 0.726. The Balaban J connectivity index is 3.07. The minimum absolute atomic E-state index is 0.105. The highest BCUT2D eigenvalue weighted by atomic mass is 16.6. The van der Waals surface area contributed by atoms with E-state index in [1.165, 1.54) is 12.1 Å². The average Bonchev–Trinajstić information content (AvgIpc) is 2.46. The fourth-order valence-corrected chi connectivity index (χ4v) is 0.726. The van der Waals surface area contributed by atoms with Crippen molar-refractivity contribution in [2.45, 2.75) is 0 Å². The smallest absolute Gasteiger partial charge is 0.358 e. The van der Waals surface area contributed by atoms with Crippen molar-refractivity contribution in [2.24, 2.45) is 12.1 Å². The van der Waals surface area contributed by atoms with Crippen LogP contribution in [0, 0.1) is 10.1 Å². The number of aromatic nitrogens is 4. The van der Waals surface area contributed by atoms with Gasteiger partial charge in [-0.1, -0.05) is 5.10 Å². The molecule has 0 amide bonds. The Kier molecular flexibility index (Phi) is 2.70. The lowest BCUT2D eigenvalue weighted by atomic mass is 10.6. The number of hydrazone groups is 1. The van der Waals surface area contributed by atoms with Crippen LogP contribution in [0.5, 0.6) is 0 Å². The molecule has 0 saturated carbocycles. The van der Waals surface area contributed by atoms with Crippen LogP contribution in [0.3, 0.4) is 0 Å². The summed E-state index contributed by atoms with van der Waals surface area (Å²) >= 11 is 0. The molecule has 0 bridgehead atoms. The first-order valence-corrected chi connectivity index (χ1v) is 3.65. The molecule has 0 N–H and O–H groups in total. The van der Waals surface area contributed by atoms with E-state index in [2.05, 4.69) is 20.5 Å². The van der Waals surface area contributed by atoms with Crippen LogP contribution in [0.1, 0.15) is 5.82 Å². The third-order valence-corrected chi connectivity index (χ3v) is 1.18. The van der Waals surface area contributed by atoms with Crippen molar-refractivity contribution in [1.82, 2.24) is 25.2 Å². The second-order valence-electron chi connectivity index (χ2n) is 2.63. The molecule has 9 nitrogen and oxygen atoms in total. The van der Waals surface area contributed by atoms with Gasteiger partial charge in [0, 0.05) is 14.1 Å². The van der Waals surface area contributed by atoms with E-state index in [9.17, 15) is 10.1 Å². The maximum atomic E-state index is 10.6. The highest BCUT2D eigenvalue weighted by molar-refractivity contribution is 5.87. The predicted octanol–water partition coefficient (Wildman–Crippen LogP) is -1.29. The largest absolute Gasteiger partial charge is 0.436 e. The Morgan fingerprint density at radius 3 is 2.64 bits per heavy atom. The fraction of sp³-hybridized carbons (Fsp3) is 0.600. The molecular weight excluding hydrogens is 190 g/mol. The van der Waals surface area contributed by atoms with Gasteiger partial charge in [-0.05, 0) is 10.1 Å². The SMILES string of the molecule is CN(C)/N=C(/c1nnn(C)n1)[N+](=O)[O-]. The zero-order chi connectivity index (χ0) is 10.7. The summed E-state index contributed by atoms with van der Waals surface area (Å²) in [6, 6.07) is 0. The summed E-state index contributed by atoms with van der Waals surface area (Å²) in [4.78, 5) is 11.0. The summed E-state index contributed by atoms with van der Waals surface area (Å²) in [5, 5.41) is 26.2. The van der Waals surface area contributed by atoms with Gasteiger partial charge >= 0.3 is 5.84 Å². The van der Waals surface area contributed by atoms with E-state index in [4.69, 9.17) is 0 Å². The maximum absolute atomic E-state index is 10.6. The Morgan fingerprint density at radius 2 is 2.29 bits per heavy atom. The van der Waals surface area contributed by atoms with E-state index in [1.54, 1.807) is 14.1 Å². The minimum Gasteiger partial charge on any atom is -0.358 e. The molecule has 14 heavy (non-hydrogen) atoms. The molecule has 9 heteroatoms. The Morgan fingerprint density at radius 1 is 1.64 bits per heavy atom. The van der Waals surface area contributed by atoms with Crippen LogP contribution >= 0.6 is 0 Å². The Hall–Kier alpha value is -2.06. The number of hydrogen-bond acceptors (Lipinski definition) is 7. The molecule has 1 rings (SSSR count). The molecule has 0 atom stereocenters. The van der Waals surface area contributed by atoms with E-state index in [-0.39, 0.29) is 5.82 Å². The number of amidine groups is 1. The van der Waals surface area contributed by atoms with E-state index in [0.29, 0.717) is 0 Å². The highest BCUT2D eigenvalue weighted by Gasteiger charge is 2.23. The first-order valence-electron chi connectivity index (χ1n) is 3.65. The quantitative estimate of drug-likeness (QED) is 0.254. The van der Waals surface area contributed by atoms with Gasteiger partial charge < -0.3 is 10.1 Å². The molecule has 0 aliphatic carbocycles. The first-order chi connectivity index (χ1) is 6.50. The van der Waals surface area contributed by atoms with Gasteiger partial charge in [-0.15, -0.1) is 5.10 Å². The molecule has 1 aromatic heterocycles. The molecular formula is C5H9N7O2. The van der Waals surface area contributed by atoms with Crippen molar-refractivity contribution < 1.29 is 4.92 Å². The Bertz CT molecular complexity index is 368. The van der Waals surface area contributed by atoms with Crippen molar-refractivity contribution in [3.63, 3.8) is 0 Å². The van der Waals surface area contributed by atoms with E-state index in [1.807, 2.05) is 0 Å². The molecule has 0 saturated heterocycles. The average molecular weight is 199 g/mol. The monoisotopic (exact) mass is 199 g/mol. The lowest BCUT2D eigenvalue weighted by Gasteiger charge is -1.96. The summed E-state index contributed by atoms with van der Waals surface area (Å²) in [7, 11) is 4.66. The van der Waals surface area contributed by atoms with Crippen LogP contribution in [-0.2, 0) is 7.05 Å². The van der Waals surface area contributed by atoms with Crippen LogP contribution in [0.25, 0.3) is 0 Å². The lowest BCUT2D eigenvalue weighted by molar-refractivity contribution is -0.350. The molecule has 0 fully saturated rings. The third-order valence-electron chi connectivity index (χ3n) is 1.18. The molecule has 0 aromatic carbocycles. The van der Waals surface area contributed by atoms with Gasteiger partial charge in [0.15, 0.2) is 0 Å². The zero-order valence-corrected chi connectivity index (χ0v) is 7.95. The highest BCUT2D eigenvalue weighted by Crippen LogP contribution is 1.93. The van der Waals surface area contributed by atoms with Crippen LogP contribution in [-0.4, -0.2) is 50.1 Å². The summed E-state index contributed by atoms with van der Waals surface area (Å²) in [6.07, 6.45) is 0. The number of nitro groups is 1. The molecule has 1 aromatic rings. The van der Waals surface area contributed by atoms with Gasteiger partial charge in [-0.25, -0.2) is 5.01 Å². The number of rotatable bonds is 2. The number of nitrogens with zero attached hydrogens (tertiary/aromatic N) is 7. The van der Waals surface area contributed by atoms with Crippen molar-refractivity contribution in [1.29, 1.82) is 0 Å². The normalized spacial score (nSPS) is 11.5. The van der Waals surface area contributed by atoms with Gasteiger partial charge in [-0.2, -0.15) is 4.80 Å². The van der Waals surface area contributed by atoms with E-state index in [0.717, 1.165) is 4.80 Å². The van der Waals surface area contributed by atoms with Gasteiger partial charge in [0.2, 0.25) is 0 Å². The topological polar surface area (TPSA) is 102 Å². The zero-order valence-electron chi connectivity index (χ0n) is 7.95. The number of aryl methyl sites for hydroxylation is 1. The van der Waals surface area contributed by atoms with Crippen molar-refractivity contribution in [3.05, 3.63) is 15.9 Å².